The maximum Gasteiger partial charge on any atom is 0.0795 e. The minimum Gasteiger partial charge on any atom is -0.388 e. The molecule has 1 aliphatic rings. The summed E-state index contributed by atoms with van der Waals surface area (Å²) in [6, 6.07) is 8.32. The van der Waals surface area contributed by atoms with Crippen LogP contribution in [0.1, 0.15) is 43.9 Å². The summed E-state index contributed by atoms with van der Waals surface area (Å²) in [4.78, 5) is 0. The third-order valence-corrected chi connectivity index (χ3v) is 3.67. The predicted octanol–water partition coefficient (Wildman–Crippen LogP) is 3.33. The number of hydrogen-bond donors (Lipinski definition) is 1. The highest BCUT2D eigenvalue weighted by atomic mass is 16.3. The van der Waals surface area contributed by atoms with E-state index in [0.29, 0.717) is 11.8 Å². The van der Waals surface area contributed by atoms with E-state index in [1.54, 1.807) is 0 Å². The molecule has 0 unspecified atom stereocenters. The van der Waals surface area contributed by atoms with Crippen LogP contribution in [0.2, 0.25) is 0 Å². The summed E-state index contributed by atoms with van der Waals surface area (Å²) in [6.07, 6.45) is 3.01. The second kappa shape index (κ2) is 4.36. The van der Waals surface area contributed by atoms with Gasteiger partial charge >= 0.3 is 0 Å². The van der Waals surface area contributed by atoms with Gasteiger partial charge in [-0.2, -0.15) is 0 Å². The van der Waals surface area contributed by atoms with Crippen LogP contribution in [0.4, 0.5) is 0 Å². The van der Waals surface area contributed by atoms with E-state index in [1.807, 2.05) is 6.07 Å². The van der Waals surface area contributed by atoms with Crippen molar-refractivity contribution in [3.8, 4) is 0 Å². The Labute approximate surface area is 92.1 Å². The molecule has 0 fully saturated rings. The molecule has 0 spiro atoms. The molecule has 2 atom stereocenters. The van der Waals surface area contributed by atoms with E-state index >= 15 is 0 Å². The highest BCUT2D eigenvalue weighted by Gasteiger charge is 2.24. The fraction of sp³-hybridized carbons (Fsp3) is 0.571. The zero-order valence-corrected chi connectivity index (χ0v) is 9.61. The molecule has 0 heterocycles. The van der Waals surface area contributed by atoms with Crippen LogP contribution in [0.3, 0.4) is 0 Å². The maximum atomic E-state index is 10.2. The fourth-order valence-corrected chi connectivity index (χ4v) is 2.56. The maximum absolute atomic E-state index is 10.2. The zero-order valence-electron chi connectivity index (χ0n) is 9.61. The van der Waals surface area contributed by atoms with Crippen LogP contribution in [0.15, 0.2) is 24.3 Å². The van der Waals surface area contributed by atoms with Crippen molar-refractivity contribution in [2.45, 2.75) is 39.2 Å². The van der Waals surface area contributed by atoms with E-state index in [-0.39, 0.29) is 6.10 Å². The van der Waals surface area contributed by atoms with Crippen LogP contribution in [0.25, 0.3) is 0 Å². The van der Waals surface area contributed by atoms with E-state index in [9.17, 15) is 5.11 Å². The van der Waals surface area contributed by atoms with Crippen LogP contribution < -0.4 is 0 Å². The number of aliphatic hydroxyl groups is 1. The summed E-state index contributed by atoms with van der Waals surface area (Å²) < 4.78 is 0. The minimum atomic E-state index is -0.254. The first-order chi connectivity index (χ1) is 7.18. The van der Waals surface area contributed by atoms with Crippen molar-refractivity contribution in [1.29, 1.82) is 0 Å². The number of aryl methyl sites for hydroxylation is 1. The van der Waals surface area contributed by atoms with Gasteiger partial charge in [-0.15, -0.1) is 0 Å². The number of aliphatic hydroxyl groups excluding tert-OH is 1. The standard InChI is InChI=1S/C14H20O/c1-10(2)12-8-7-11-5-3-4-6-13(11)14(15)9-12/h3-6,10,12,14-15H,7-9H2,1-2H3/t12-,14-/m0/s1. The Hall–Kier alpha value is -0.820. The van der Waals surface area contributed by atoms with E-state index in [1.165, 1.54) is 12.0 Å². The smallest absolute Gasteiger partial charge is 0.0795 e. The summed E-state index contributed by atoms with van der Waals surface area (Å²) in [5.74, 6) is 1.33. The average Bonchev–Trinajstić information content (AvgIpc) is 2.39. The molecule has 0 amide bonds. The Morgan fingerprint density at radius 2 is 2.00 bits per heavy atom. The van der Waals surface area contributed by atoms with Gasteiger partial charge in [0.15, 0.2) is 0 Å². The van der Waals surface area contributed by atoms with Gasteiger partial charge < -0.3 is 5.11 Å². The number of fused-ring (bicyclic) bond motifs is 1. The summed E-state index contributed by atoms with van der Waals surface area (Å²) in [5.41, 5.74) is 2.49. The van der Waals surface area contributed by atoms with Crippen LogP contribution >= 0.6 is 0 Å². The largest absolute Gasteiger partial charge is 0.388 e. The quantitative estimate of drug-likeness (QED) is 0.696. The van der Waals surface area contributed by atoms with Gasteiger partial charge in [0.2, 0.25) is 0 Å². The highest BCUT2D eigenvalue weighted by molar-refractivity contribution is 5.30. The second-order valence-corrected chi connectivity index (χ2v) is 4.99. The highest BCUT2D eigenvalue weighted by Crippen LogP contribution is 2.34. The molecular weight excluding hydrogens is 184 g/mol. The monoisotopic (exact) mass is 204 g/mol. The first-order valence-electron chi connectivity index (χ1n) is 5.94. The van der Waals surface area contributed by atoms with Crippen LogP contribution in [0.5, 0.6) is 0 Å². The van der Waals surface area contributed by atoms with Crippen molar-refractivity contribution in [1.82, 2.24) is 0 Å². The molecule has 1 aromatic carbocycles. The Kier molecular flexibility index (Phi) is 3.11. The average molecular weight is 204 g/mol. The van der Waals surface area contributed by atoms with E-state index in [4.69, 9.17) is 0 Å². The SMILES string of the molecule is CC(C)[C@H]1CCc2ccccc2[C@@H](O)C1. The molecule has 0 radical (unpaired) electrons. The third kappa shape index (κ3) is 2.23. The summed E-state index contributed by atoms with van der Waals surface area (Å²) in [6.45, 7) is 4.51. The Morgan fingerprint density at radius 3 is 2.73 bits per heavy atom. The molecule has 0 aliphatic heterocycles. The molecule has 0 aromatic heterocycles. The van der Waals surface area contributed by atoms with Gasteiger partial charge in [-0.25, -0.2) is 0 Å². The molecule has 0 saturated carbocycles. The van der Waals surface area contributed by atoms with Crippen molar-refractivity contribution in [3.63, 3.8) is 0 Å². The van der Waals surface area contributed by atoms with E-state index in [0.717, 1.165) is 18.4 Å². The molecular formula is C14H20O. The number of rotatable bonds is 1. The van der Waals surface area contributed by atoms with Crippen molar-refractivity contribution >= 4 is 0 Å². The van der Waals surface area contributed by atoms with Crippen molar-refractivity contribution in [2.24, 2.45) is 11.8 Å². The van der Waals surface area contributed by atoms with Gasteiger partial charge in [-0.1, -0.05) is 38.1 Å². The van der Waals surface area contributed by atoms with Crippen LogP contribution in [-0.4, -0.2) is 5.11 Å². The molecule has 1 nitrogen and oxygen atoms in total. The molecule has 1 aliphatic carbocycles. The third-order valence-electron chi connectivity index (χ3n) is 3.67. The molecule has 15 heavy (non-hydrogen) atoms. The molecule has 2 rings (SSSR count). The molecule has 0 bridgehead atoms. The Bertz CT molecular complexity index is 330. The first kappa shape index (κ1) is 10.7. The minimum absolute atomic E-state index is 0.254. The number of benzene rings is 1. The first-order valence-corrected chi connectivity index (χ1v) is 5.94. The zero-order chi connectivity index (χ0) is 10.8. The molecule has 0 saturated heterocycles. The molecule has 1 heteroatoms. The molecule has 1 aromatic rings. The van der Waals surface area contributed by atoms with Gasteiger partial charge in [0.05, 0.1) is 6.10 Å². The van der Waals surface area contributed by atoms with E-state index < -0.39 is 0 Å². The summed E-state index contributed by atoms with van der Waals surface area (Å²) in [7, 11) is 0. The fourth-order valence-electron chi connectivity index (χ4n) is 2.56. The summed E-state index contributed by atoms with van der Waals surface area (Å²) in [5, 5.41) is 10.2. The van der Waals surface area contributed by atoms with Gasteiger partial charge in [0, 0.05) is 0 Å². The lowest BCUT2D eigenvalue weighted by Gasteiger charge is -2.20. The number of hydrogen-bond acceptors (Lipinski definition) is 1. The van der Waals surface area contributed by atoms with Gasteiger partial charge in [-0.05, 0) is 42.2 Å². The van der Waals surface area contributed by atoms with Crippen molar-refractivity contribution in [2.75, 3.05) is 0 Å². The van der Waals surface area contributed by atoms with Gasteiger partial charge in [0.1, 0.15) is 0 Å². The lowest BCUT2D eigenvalue weighted by molar-refractivity contribution is 0.132. The van der Waals surface area contributed by atoms with Crippen LogP contribution in [-0.2, 0) is 6.42 Å². The van der Waals surface area contributed by atoms with Crippen molar-refractivity contribution < 1.29 is 5.11 Å². The second-order valence-electron chi connectivity index (χ2n) is 4.99. The topological polar surface area (TPSA) is 20.2 Å². The Morgan fingerprint density at radius 1 is 1.27 bits per heavy atom. The Balaban J connectivity index is 2.24. The lowest BCUT2D eigenvalue weighted by Crippen LogP contribution is -2.11. The van der Waals surface area contributed by atoms with Gasteiger partial charge in [0.25, 0.3) is 0 Å². The van der Waals surface area contributed by atoms with Crippen LogP contribution in [0, 0.1) is 11.8 Å². The molecule has 82 valence electrons. The molecule has 1 N–H and O–H groups in total. The summed E-state index contributed by atoms with van der Waals surface area (Å²) >= 11 is 0. The lowest BCUT2D eigenvalue weighted by atomic mass is 9.88. The predicted molar refractivity (Wildman–Crippen MR) is 62.7 cm³/mol. The van der Waals surface area contributed by atoms with Crippen molar-refractivity contribution in [3.05, 3.63) is 35.4 Å². The van der Waals surface area contributed by atoms with E-state index in [2.05, 4.69) is 32.0 Å². The van der Waals surface area contributed by atoms with Gasteiger partial charge in [-0.3, -0.25) is 0 Å². The normalized spacial score (nSPS) is 26.1.